The van der Waals surface area contributed by atoms with Crippen LogP contribution in [0, 0.1) is 5.92 Å². The smallest absolute Gasteiger partial charge is 0.246 e. The first-order chi connectivity index (χ1) is 8.63. The fourth-order valence-corrected chi connectivity index (χ4v) is 1.82. The first kappa shape index (κ1) is 13.0. The zero-order chi connectivity index (χ0) is 13.0. The van der Waals surface area contributed by atoms with E-state index in [2.05, 4.69) is 50.0 Å². The molecule has 1 aromatic carbocycles. The average molecular weight is 307 g/mol. The zero-order valence-corrected chi connectivity index (χ0v) is 12.0. The van der Waals surface area contributed by atoms with E-state index in [4.69, 9.17) is 0 Å². The van der Waals surface area contributed by atoms with E-state index in [9.17, 15) is 0 Å². The molecule has 1 heterocycles. The van der Waals surface area contributed by atoms with Crippen molar-refractivity contribution in [1.82, 2.24) is 9.97 Å². The molecule has 1 aromatic heterocycles. The van der Waals surface area contributed by atoms with Crippen molar-refractivity contribution in [3.05, 3.63) is 40.6 Å². The number of H-pyrrole nitrogens is 1. The first-order valence-electron chi connectivity index (χ1n) is 5.84. The van der Waals surface area contributed by atoms with Gasteiger partial charge in [0, 0.05) is 10.2 Å². The Morgan fingerprint density at radius 1 is 1.22 bits per heavy atom. The maximum absolute atomic E-state index is 4.18. The number of aromatic nitrogens is 2. The minimum atomic E-state index is 0.550. The van der Waals surface area contributed by atoms with E-state index in [1.165, 1.54) is 0 Å². The molecule has 0 amide bonds. The summed E-state index contributed by atoms with van der Waals surface area (Å²) in [7, 11) is 0. The lowest BCUT2D eigenvalue weighted by molar-refractivity contribution is 0.637. The standard InChI is InChI=1S/C13H15BrN4/c1-9(2)7-12-8-15-13(16-12)18-17-11-5-3-10(14)4-6-11/h3-6,8-9H,7H2,1-2H3,(H,15,16). The number of benzene rings is 1. The van der Waals surface area contributed by atoms with Crippen LogP contribution in [0.4, 0.5) is 11.6 Å². The van der Waals surface area contributed by atoms with Crippen molar-refractivity contribution in [2.24, 2.45) is 16.1 Å². The van der Waals surface area contributed by atoms with Gasteiger partial charge in [0.2, 0.25) is 5.95 Å². The van der Waals surface area contributed by atoms with Crippen LogP contribution in [0.5, 0.6) is 0 Å². The van der Waals surface area contributed by atoms with Crippen LogP contribution in [-0.4, -0.2) is 9.97 Å². The van der Waals surface area contributed by atoms with E-state index in [-0.39, 0.29) is 0 Å². The minimum Gasteiger partial charge on any atom is -0.325 e. The molecule has 1 N–H and O–H groups in total. The van der Waals surface area contributed by atoms with Gasteiger partial charge in [0.1, 0.15) is 0 Å². The number of aromatic amines is 1. The van der Waals surface area contributed by atoms with Crippen LogP contribution in [0.2, 0.25) is 0 Å². The van der Waals surface area contributed by atoms with Crippen LogP contribution in [0.15, 0.2) is 45.2 Å². The average Bonchev–Trinajstić information content (AvgIpc) is 2.75. The summed E-state index contributed by atoms with van der Waals surface area (Å²) in [6.07, 6.45) is 2.79. The normalized spacial score (nSPS) is 11.6. The second-order valence-electron chi connectivity index (χ2n) is 4.51. The molecule has 0 spiro atoms. The molecule has 0 aliphatic rings. The lowest BCUT2D eigenvalue weighted by Crippen LogP contribution is -1.93. The molecule has 4 nitrogen and oxygen atoms in total. The zero-order valence-electron chi connectivity index (χ0n) is 10.4. The number of hydrogen-bond acceptors (Lipinski definition) is 3. The third-order valence-corrected chi connectivity index (χ3v) is 2.86. The maximum Gasteiger partial charge on any atom is 0.246 e. The third-order valence-electron chi connectivity index (χ3n) is 2.33. The lowest BCUT2D eigenvalue weighted by atomic mass is 10.1. The van der Waals surface area contributed by atoms with Crippen LogP contribution in [-0.2, 0) is 6.42 Å². The molecular weight excluding hydrogens is 292 g/mol. The fourth-order valence-electron chi connectivity index (χ4n) is 1.55. The maximum atomic E-state index is 4.18. The molecule has 0 aliphatic carbocycles. The summed E-state index contributed by atoms with van der Waals surface area (Å²) >= 11 is 3.38. The highest BCUT2D eigenvalue weighted by Gasteiger charge is 2.01. The highest BCUT2D eigenvalue weighted by molar-refractivity contribution is 9.10. The number of halogens is 1. The van der Waals surface area contributed by atoms with Crippen molar-refractivity contribution in [2.45, 2.75) is 20.3 Å². The van der Waals surface area contributed by atoms with E-state index < -0.39 is 0 Å². The Morgan fingerprint density at radius 3 is 2.61 bits per heavy atom. The largest absolute Gasteiger partial charge is 0.325 e. The van der Waals surface area contributed by atoms with Gasteiger partial charge in [-0.25, -0.2) is 4.98 Å². The van der Waals surface area contributed by atoms with E-state index >= 15 is 0 Å². The van der Waals surface area contributed by atoms with Gasteiger partial charge in [0.05, 0.1) is 11.9 Å². The van der Waals surface area contributed by atoms with Crippen molar-refractivity contribution in [3.63, 3.8) is 0 Å². The van der Waals surface area contributed by atoms with Crippen molar-refractivity contribution in [3.8, 4) is 0 Å². The molecule has 18 heavy (non-hydrogen) atoms. The van der Waals surface area contributed by atoms with Gasteiger partial charge in [-0.2, -0.15) is 0 Å². The van der Waals surface area contributed by atoms with Gasteiger partial charge in [0.25, 0.3) is 0 Å². The molecule has 0 saturated carbocycles. The van der Waals surface area contributed by atoms with Gasteiger partial charge < -0.3 is 4.98 Å². The summed E-state index contributed by atoms with van der Waals surface area (Å²) in [5.41, 5.74) is 1.90. The lowest BCUT2D eigenvalue weighted by Gasteiger charge is -1.99. The van der Waals surface area contributed by atoms with Gasteiger partial charge in [-0.15, -0.1) is 10.2 Å². The molecule has 2 aromatic rings. The van der Waals surface area contributed by atoms with Crippen LogP contribution < -0.4 is 0 Å². The van der Waals surface area contributed by atoms with Crippen molar-refractivity contribution in [1.29, 1.82) is 0 Å². The third kappa shape index (κ3) is 3.77. The van der Waals surface area contributed by atoms with Crippen LogP contribution in [0.25, 0.3) is 0 Å². The molecule has 0 saturated heterocycles. The molecule has 94 valence electrons. The summed E-state index contributed by atoms with van der Waals surface area (Å²) in [6.45, 7) is 4.34. The second kappa shape index (κ2) is 5.91. The quantitative estimate of drug-likeness (QED) is 0.811. The Morgan fingerprint density at radius 2 is 1.94 bits per heavy atom. The van der Waals surface area contributed by atoms with Crippen molar-refractivity contribution >= 4 is 27.6 Å². The molecular formula is C13H15BrN4. The Hall–Kier alpha value is -1.49. The number of nitrogens with one attached hydrogen (secondary N) is 1. The number of rotatable bonds is 4. The summed E-state index contributed by atoms with van der Waals surface area (Å²) in [5.74, 6) is 1.15. The highest BCUT2D eigenvalue weighted by atomic mass is 79.9. The molecule has 2 rings (SSSR count). The predicted octanol–water partition coefficient (Wildman–Crippen LogP) is 4.79. The summed E-state index contributed by atoms with van der Waals surface area (Å²) in [6, 6.07) is 7.65. The van der Waals surface area contributed by atoms with Gasteiger partial charge in [0.15, 0.2) is 0 Å². The van der Waals surface area contributed by atoms with E-state index in [1.54, 1.807) is 0 Å². The van der Waals surface area contributed by atoms with Gasteiger partial charge in [-0.1, -0.05) is 29.8 Å². The number of imidazole rings is 1. The summed E-state index contributed by atoms with van der Waals surface area (Å²) in [4.78, 5) is 7.32. The molecule has 0 atom stereocenters. The molecule has 0 unspecified atom stereocenters. The van der Waals surface area contributed by atoms with Crippen molar-refractivity contribution in [2.75, 3.05) is 0 Å². The van der Waals surface area contributed by atoms with Crippen LogP contribution >= 0.6 is 15.9 Å². The fraction of sp³-hybridized carbons (Fsp3) is 0.308. The minimum absolute atomic E-state index is 0.550. The Bertz CT molecular complexity index is 528. The van der Waals surface area contributed by atoms with Gasteiger partial charge in [-0.05, 0) is 36.6 Å². The van der Waals surface area contributed by atoms with Crippen LogP contribution in [0.1, 0.15) is 19.5 Å². The second-order valence-corrected chi connectivity index (χ2v) is 5.42. The summed E-state index contributed by atoms with van der Waals surface area (Å²) in [5, 5.41) is 8.20. The number of nitrogens with zero attached hydrogens (tertiary/aromatic N) is 3. The Kier molecular flexibility index (Phi) is 4.25. The predicted molar refractivity (Wildman–Crippen MR) is 75.4 cm³/mol. The Balaban J connectivity index is 2.04. The molecule has 0 aliphatic heterocycles. The molecule has 0 radical (unpaired) electrons. The molecule has 5 heteroatoms. The monoisotopic (exact) mass is 306 g/mol. The topological polar surface area (TPSA) is 53.4 Å². The van der Waals surface area contributed by atoms with Gasteiger partial charge in [-0.3, -0.25) is 0 Å². The van der Waals surface area contributed by atoms with Crippen molar-refractivity contribution < 1.29 is 0 Å². The molecule has 0 bridgehead atoms. The SMILES string of the molecule is CC(C)Cc1cnc(N=Nc2ccc(Br)cc2)[nH]1. The molecule has 0 fully saturated rings. The first-order valence-corrected chi connectivity index (χ1v) is 6.64. The van der Waals surface area contributed by atoms with E-state index in [1.807, 2.05) is 30.5 Å². The summed E-state index contributed by atoms with van der Waals surface area (Å²) < 4.78 is 1.03. The Labute approximate surface area is 115 Å². The van der Waals surface area contributed by atoms with E-state index in [0.717, 1.165) is 22.3 Å². The number of hydrogen-bond donors (Lipinski definition) is 1. The van der Waals surface area contributed by atoms with E-state index in [0.29, 0.717) is 11.9 Å². The number of azo groups is 1. The van der Waals surface area contributed by atoms with Gasteiger partial charge >= 0.3 is 0 Å². The highest BCUT2D eigenvalue weighted by Crippen LogP contribution is 2.19. The van der Waals surface area contributed by atoms with Crippen LogP contribution in [0.3, 0.4) is 0 Å².